The summed E-state index contributed by atoms with van der Waals surface area (Å²) in [6.07, 6.45) is 1.69. The molecule has 18 heavy (non-hydrogen) atoms. The van der Waals surface area contributed by atoms with Crippen molar-refractivity contribution in [3.05, 3.63) is 36.4 Å². The Balaban J connectivity index is 2.21. The molecule has 94 valence electrons. The van der Waals surface area contributed by atoms with Crippen LogP contribution in [0.2, 0.25) is 0 Å². The fourth-order valence-electron chi connectivity index (χ4n) is 1.65. The number of hydrogen-bond donors (Lipinski definition) is 1. The molecule has 0 aliphatic rings. The first-order valence-corrected chi connectivity index (χ1v) is 5.49. The van der Waals surface area contributed by atoms with Gasteiger partial charge in [0.1, 0.15) is 17.2 Å². The summed E-state index contributed by atoms with van der Waals surface area (Å²) in [4.78, 5) is 14.7. The smallest absolute Gasteiger partial charge is 0.303 e. The van der Waals surface area contributed by atoms with Gasteiger partial charge in [-0.2, -0.15) is 0 Å². The van der Waals surface area contributed by atoms with Crippen LogP contribution in [0.25, 0.3) is 11.3 Å². The number of aliphatic carboxylic acids is 1. The minimum Gasteiger partial charge on any atom is -0.497 e. The molecule has 0 amide bonds. The molecule has 0 atom stereocenters. The fraction of sp³-hybridized carbons (Fsp3) is 0.231. The molecule has 5 nitrogen and oxygen atoms in total. The first kappa shape index (κ1) is 12.2. The molecule has 1 aromatic heterocycles. The number of carbonyl (C=O) groups is 1. The monoisotopic (exact) mass is 247 g/mol. The molecule has 2 aromatic rings. The van der Waals surface area contributed by atoms with Crippen molar-refractivity contribution in [2.24, 2.45) is 0 Å². The lowest BCUT2D eigenvalue weighted by atomic mass is 10.1. The number of aryl methyl sites for hydroxylation is 1. The highest BCUT2D eigenvalue weighted by Gasteiger charge is 2.12. The van der Waals surface area contributed by atoms with Gasteiger partial charge in [-0.15, -0.1) is 0 Å². The van der Waals surface area contributed by atoms with E-state index in [2.05, 4.69) is 4.98 Å². The number of oxazole rings is 1. The van der Waals surface area contributed by atoms with Gasteiger partial charge in [0, 0.05) is 12.0 Å². The van der Waals surface area contributed by atoms with Crippen LogP contribution in [-0.2, 0) is 11.2 Å². The highest BCUT2D eigenvalue weighted by atomic mass is 16.5. The van der Waals surface area contributed by atoms with Crippen LogP contribution in [0.5, 0.6) is 5.75 Å². The van der Waals surface area contributed by atoms with Crippen LogP contribution in [0.1, 0.15) is 12.2 Å². The van der Waals surface area contributed by atoms with Crippen molar-refractivity contribution in [3.63, 3.8) is 0 Å². The van der Waals surface area contributed by atoms with Gasteiger partial charge in [-0.05, 0) is 24.3 Å². The van der Waals surface area contributed by atoms with E-state index >= 15 is 0 Å². The number of hydrogen-bond acceptors (Lipinski definition) is 4. The van der Waals surface area contributed by atoms with Crippen LogP contribution in [0.4, 0.5) is 0 Å². The Bertz CT molecular complexity index is 530. The normalized spacial score (nSPS) is 10.3. The lowest BCUT2D eigenvalue weighted by Crippen LogP contribution is -1.97. The molecule has 0 saturated heterocycles. The van der Waals surface area contributed by atoms with E-state index in [-0.39, 0.29) is 6.42 Å². The number of nitrogens with zero attached hydrogens (tertiary/aromatic N) is 1. The maximum absolute atomic E-state index is 10.5. The number of rotatable bonds is 5. The van der Waals surface area contributed by atoms with Gasteiger partial charge < -0.3 is 14.3 Å². The average Bonchev–Trinajstić information content (AvgIpc) is 2.85. The van der Waals surface area contributed by atoms with Crippen LogP contribution >= 0.6 is 0 Å². The molecule has 0 aliphatic carbocycles. The van der Waals surface area contributed by atoms with E-state index in [1.807, 2.05) is 24.3 Å². The Kier molecular flexibility index (Phi) is 3.62. The first-order valence-electron chi connectivity index (χ1n) is 5.49. The number of ether oxygens (including phenoxy) is 1. The van der Waals surface area contributed by atoms with Gasteiger partial charge in [-0.3, -0.25) is 4.79 Å². The zero-order valence-corrected chi connectivity index (χ0v) is 9.92. The third-order valence-electron chi connectivity index (χ3n) is 2.57. The van der Waals surface area contributed by atoms with E-state index in [9.17, 15) is 4.79 Å². The largest absolute Gasteiger partial charge is 0.497 e. The molecule has 0 unspecified atom stereocenters. The lowest BCUT2D eigenvalue weighted by molar-refractivity contribution is -0.137. The van der Waals surface area contributed by atoms with E-state index in [1.54, 1.807) is 7.11 Å². The van der Waals surface area contributed by atoms with Crippen molar-refractivity contribution in [2.45, 2.75) is 12.8 Å². The third kappa shape index (κ3) is 2.68. The van der Waals surface area contributed by atoms with Gasteiger partial charge in [0.05, 0.1) is 13.5 Å². The Labute approximate surface area is 104 Å². The second kappa shape index (κ2) is 5.35. The van der Waals surface area contributed by atoms with Crippen LogP contribution in [0, 0.1) is 0 Å². The Morgan fingerprint density at radius 3 is 2.72 bits per heavy atom. The zero-order valence-electron chi connectivity index (χ0n) is 9.92. The molecule has 1 aromatic carbocycles. The molecular weight excluding hydrogens is 234 g/mol. The average molecular weight is 247 g/mol. The summed E-state index contributed by atoms with van der Waals surface area (Å²) < 4.78 is 10.3. The van der Waals surface area contributed by atoms with E-state index in [0.717, 1.165) is 11.3 Å². The number of carboxylic acid groups (broad SMARTS) is 1. The third-order valence-corrected chi connectivity index (χ3v) is 2.57. The molecule has 0 bridgehead atoms. The van der Waals surface area contributed by atoms with Crippen molar-refractivity contribution in [1.82, 2.24) is 4.98 Å². The molecule has 0 aliphatic heterocycles. The molecular formula is C13H13NO4. The number of carboxylic acids is 1. The second-order valence-electron chi connectivity index (χ2n) is 3.75. The maximum Gasteiger partial charge on any atom is 0.303 e. The highest BCUT2D eigenvalue weighted by molar-refractivity contribution is 5.68. The maximum atomic E-state index is 10.5. The summed E-state index contributed by atoms with van der Waals surface area (Å²) in [7, 11) is 1.60. The van der Waals surface area contributed by atoms with E-state index in [0.29, 0.717) is 17.9 Å². The predicted molar refractivity (Wildman–Crippen MR) is 64.4 cm³/mol. The summed E-state index contributed by atoms with van der Waals surface area (Å²) in [5.74, 6) is 0.490. The summed E-state index contributed by atoms with van der Waals surface area (Å²) in [5.41, 5.74) is 1.56. The fourth-order valence-corrected chi connectivity index (χ4v) is 1.65. The van der Waals surface area contributed by atoms with E-state index in [1.165, 1.54) is 6.39 Å². The zero-order chi connectivity index (χ0) is 13.0. The van der Waals surface area contributed by atoms with E-state index in [4.69, 9.17) is 14.3 Å². The minimum atomic E-state index is -0.855. The second-order valence-corrected chi connectivity index (χ2v) is 3.75. The molecule has 1 N–H and O–H groups in total. The van der Waals surface area contributed by atoms with Gasteiger partial charge in [0.25, 0.3) is 0 Å². The van der Waals surface area contributed by atoms with E-state index < -0.39 is 5.97 Å². The number of methoxy groups -OCH3 is 1. The molecule has 0 saturated carbocycles. The first-order chi connectivity index (χ1) is 8.70. The van der Waals surface area contributed by atoms with Crippen molar-refractivity contribution in [3.8, 4) is 17.0 Å². The van der Waals surface area contributed by atoms with Crippen LogP contribution in [0.3, 0.4) is 0 Å². The van der Waals surface area contributed by atoms with Crippen LogP contribution in [0.15, 0.2) is 35.1 Å². The van der Waals surface area contributed by atoms with Gasteiger partial charge >= 0.3 is 5.97 Å². The summed E-state index contributed by atoms with van der Waals surface area (Å²) in [5, 5.41) is 8.66. The van der Waals surface area contributed by atoms with Crippen molar-refractivity contribution in [2.75, 3.05) is 7.11 Å². The molecule has 0 fully saturated rings. The Morgan fingerprint density at radius 2 is 2.11 bits per heavy atom. The molecule has 1 heterocycles. The summed E-state index contributed by atoms with van der Waals surface area (Å²) in [6.45, 7) is 0. The Hall–Kier alpha value is -2.30. The van der Waals surface area contributed by atoms with Gasteiger partial charge in [-0.1, -0.05) is 0 Å². The predicted octanol–water partition coefficient (Wildman–Crippen LogP) is 2.37. The van der Waals surface area contributed by atoms with Gasteiger partial charge in [0.15, 0.2) is 6.39 Å². The summed E-state index contributed by atoms with van der Waals surface area (Å²) in [6, 6.07) is 7.37. The quantitative estimate of drug-likeness (QED) is 0.878. The summed E-state index contributed by atoms with van der Waals surface area (Å²) >= 11 is 0. The van der Waals surface area contributed by atoms with Crippen molar-refractivity contribution < 1.29 is 19.1 Å². The van der Waals surface area contributed by atoms with Gasteiger partial charge in [0.2, 0.25) is 0 Å². The molecule has 2 rings (SSSR count). The van der Waals surface area contributed by atoms with Gasteiger partial charge in [-0.25, -0.2) is 4.98 Å². The SMILES string of the molecule is COc1ccc(-c2ncoc2CCC(=O)O)cc1. The van der Waals surface area contributed by atoms with Crippen LogP contribution < -0.4 is 4.74 Å². The highest BCUT2D eigenvalue weighted by Crippen LogP contribution is 2.25. The van der Waals surface area contributed by atoms with Crippen LogP contribution in [-0.4, -0.2) is 23.2 Å². The minimum absolute atomic E-state index is 0.0261. The lowest BCUT2D eigenvalue weighted by Gasteiger charge is -2.02. The molecule has 0 radical (unpaired) electrons. The Morgan fingerprint density at radius 1 is 1.39 bits per heavy atom. The van der Waals surface area contributed by atoms with Crippen molar-refractivity contribution in [1.29, 1.82) is 0 Å². The van der Waals surface area contributed by atoms with Crippen molar-refractivity contribution >= 4 is 5.97 Å². The topological polar surface area (TPSA) is 72.6 Å². The standard InChI is InChI=1S/C13H13NO4/c1-17-10-4-2-9(3-5-10)13-11(18-8-14-13)6-7-12(15)16/h2-5,8H,6-7H2,1H3,(H,15,16). The number of aromatic nitrogens is 1. The molecule has 0 spiro atoms. The number of benzene rings is 1. The molecule has 5 heteroatoms.